The molecule has 0 aromatic heterocycles. The second kappa shape index (κ2) is 5.78. The minimum atomic E-state index is -1.31. The van der Waals surface area contributed by atoms with Gasteiger partial charge < -0.3 is 0 Å². The molecule has 0 heterocycles. The molecular weight excluding hydrogens is 257 g/mol. The van der Waals surface area contributed by atoms with E-state index in [1.54, 1.807) is 0 Å². The Balaban J connectivity index is 2.92. The van der Waals surface area contributed by atoms with E-state index in [0.717, 1.165) is 4.90 Å². The van der Waals surface area contributed by atoms with Crippen LogP contribution in [0.5, 0.6) is 0 Å². The molecule has 0 spiro atoms. The van der Waals surface area contributed by atoms with Gasteiger partial charge in [0.15, 0.2) is 0 Å². The summed E-state index contributed by atoms with van der Waals surface area (Å²) < 4.78 is 28.5. The number of hydrogen-bond donors (Lipinski definition) is 0. The van der Waals surface area contributed by atoms with Crippen molar-refractivity contribution in [1.82, 2.24) is 0 Å². The maximum Gasteiger partial charge on any atom is 0.144 e. The molecule has 1 unspecified atom stereocenters. The first-order chi connectivity index (χ1) is 7.82. The van der Waals surface area contributed by atoms with Gasteiger partial charge in [-0.2, -0.15) is 4.40 Å². The predicted molar refractivity (Wildman–Crippen MR) is 73.7 cm³/mol. The third-order valence-corrected chi connectivity index (χ3v) is 4.00. The van der Waals surface area contributed by atoms with E-state index in [0.29, 0.717) is 5.56 Å². The second-order valence-electron chi connectivity index (χ2n) is 4.52. The number of thioether (sulfide) groups is 1. The largest absolute Gasteiger partial charge is 0.234 e. The number of nitrogens with zero attached hydrogens (tertiary/aromatic N) is 1. The zero-order valence-electron chi connectivity index (χ0n) is 10.4. The summed E-state index contributed by atoms with van der Waals surface area (Å²) in [7, 11) is -1.31. The minimum absolute atomic E-state index is 0.306. The van der Waals surface area contributed by atoms with Gasteiger partial charge in [-0.1, -0.05) is 0 Å². The van der Waals surface area contributed by atoms with Crippen LogP contribution >= 0.6 is 11.8 Å². The van der Waals surface area contributed by atoms with Crippen LogP contribution < -0.4 is 0 Å². The highest BCUT2D eigenvalue weighted by atomic mass is 32.2. The van der Waals surface area contributed by atoms with Crippen LogP contribution in [0.2, 0.25) is 0 Å². The van der Waals surface area contributed by atoms with Crippen LogP contribution in [0.3, 0.4) is 0 Å². The molecule has 17 heavy (non-hydrogen) atoms. The predicted octanol–water partition coefficient (Wildman–Crippen LogP) is 3.43. The summed E-state index contributed by atoms with van der Waals surface area (Å²) in [4.78, 5) is 0.827. The van der Waals surface area contributed by atoms with E-state index < -0.39 is 15.7 Å². The fourth-order valence-electron chi connectivity index (χ4n) is 1.04. The molecule has 0 amide bonds. The van der Waals surface area contributed by atoms with Crippen molar-refractivity contribution in [3.63, 3.8) is 0 Å². The SMILES string of the molecule is CSc1cc(F)cc(/C=N\S(=O)C(C)(C)C)c1. The topological polar surface area (TPSA) is 29.4 Å². The molecule has 0 aliphatic heterocycles. The van der Waals surface area contributed by atoms with E-state index in [1.807, 2.05) is 33.1 Å². The van der Waals surface area contributed by atoms with Gasteiger partial charge in [0.2, 0.25) is 0 Å². The summed E-state index contributed by atoms with van der Waals surface area (Å²) >= 11 is 1.46. The van der Waals surface area contributed by atoms with Gasteiger partial charge in [0, 0.05) is 11.1 Å². The molecule has 2 nitrogen and oxygen atoms in total. The van der Waals surface area contributed by atoms with Gasteiger partial charge in [0.1, 0.15) is 16.8 Å². The Morgan fingerprint density at radius 1 is 1.35 bits per heavy atom. The smallest absolute Gasteiger partial charge is 0.144 e. The Morgan fingerprint density at radius 3 is 2.53 bits per heavy atom. The second-order valence-corrected chi connectivity index (χ2v) is 7.33. The Hall–Kier alpha value is -0.680. The summed E-state index contributed by atoms with van der Waals surface area (Å²) in [5.41, 5.74) is 0.631. The van der Waals surface area contributed by atoms with Crippen LogP contribution in [0.1, 0.15) is 26.3 Å². The molecule has 1 rings (SSSR count). The van der Waals surface area contributed by atoms with Gasteiger partial charge in [0.05, 0.1) is 4.75 Å². The number of halogens is 1. The fraction of sp³-hybridized carbons (Fsp3) is 0.417. The van der Waals surface area contributed by atoms with Crippen molar-refractivity contribution in [3.8, 4) is 0 Å². The molecule has 0 saturated carbocycles. The van der Waals surface area contributed by atoms with Gasteiger partial charge in [-0.05, 0) is 50.8 Å². The van der Waals surface area contributed by atoms with Crippen LogP contribution in [0.4, 0.5) is 4.39 Å². The lowest BCUT2D eigenvalue weighted by Crippen LogP contribution is -2.19. The highest BCUT2D eigenvalue weighted by Crippen LogP contribution is 2.18. The van der Waals surface area contributed by atoms with Gasteiger partial charge in [-0.15, -0.1) is 11.8 Å². The van der Waals surface area contributed by atoms with Crippen LogP contribution in [0.15, 0.2) is 27.5 Å². The molecule has 0 saturated heterocycles. The van der Waals surface area contributed by atoms with E-state index in [-0.39, 0.29) is 5.82 Å². The molecule has 0 N–H and O–H groups in total. The molecule has 1 atom stereocenters. The summed E-state index contributed by atoms with van der Waals surface area (Å²) in [5, 5.41) is 0. The van der Waals surface area contributed by atoms with Gasteiger partial charge in [0.25, 0.3) is 0 Å². The average Bonchev–Trinajstić information content (AvgIpc) is 2.23. The summed E-state index contributed by atoms with van der Waals surface area (Å²) in [6, 6.07) is 4.66. The van der Waals surface area contributed by atoms with Crippen LogP contribution in [0.25, 0.3) is 0 Å². The van der Waals surface area contributed by atoms with Crippen molar-refractivity contribution >= 4 is 29.0 Å². The third kappa shape index (κ3) is 4.60. The van der Waals surface area contributed by atoms with E-state index in [9.17, 15) is 8.60 Å². The van der Waals surface area contributed by atoms with E-state index in [1.165, 1.54) is 30.1 Å². The molecule has 1 aromatic carbocycles. The van der Waals surface area contributed by atoms with Crippen molar-refractivity contribution in [2.75, 3.05) is 6.26 Å². The summed E-state index contributed by atoms with van der Waals surface area (Å²) in [6.45, 7) is 5.54. The maximum atomic E-state index is 13.2. The molecule has 0 radical (unpaired) electrons. The quantitative estimate of drug-likeness (QED) is 0.624. The molecular formula is C12H16FNOS2. The first kappa shape index (κ1) is 14.4. The first-order valence-corrected chi connectivity index (χ1v) is 7.47. The number of benzene rings is 1. The van der Waals surface area contributed by atoms with Crippen LogP contribution in [-0.2, 0) is 11.0 Å². The summed E-state index contributed by atoms with van der Waals surface area (Å²) in [5.74, 6) is -0.306. The summed E-state index contributed by atoms with van der Waals surface area (Å²) in [6.07, 6.45) is 3.34. The van der Waals surface area contributed by atoms with Crippen molar-refractivity contribution < 1.29 is 8.60 Å². The van der Waals surface area contributed by atoms with Crippen molar-refractivity contribution in [1.29, 1.82) is 0 Å². The molecule has 0 aliphatic rings. The normalized spacial score (nSPS) is 14.2. The zero-order chi connectivity index (χ0) is 13.1. The molecule has 94 valence electrons. The van der Waals surface area contributed by atoms with E-state index in [4.69, 9.17) is 0 Å². The monoisotopic (exact) mass is 273 g/mol. The average molecular weight is 273 g/mol. The van der Waals surface area contributed by atoms with Crippen molar-refractivity contribution in [2.24, 2.45) is 4.40 Å². The standard InChI is InChI=1S/C12H16FNOS2/c1-12(2,3)17(15)14-8-9-5-10(13)7-11(6-9)16-4/h5-8H,1-4H3/b14-8-. The zero-order valence-corrected chi connectivity index (χ0v) is 12.0. The number of rotatable bonds is 3. The molecule has 5 heteroatoms. The Bertz CT molecular complexity index is 452. The lowest BCUT2D eigenvalue weighted by molar-refractivity contribution is 0.624. The Kier molecular flexibility index (Phi) is 4.89. The van der Waals surface area contributed by atoms with Crippen molar-refractivity contribution in [3.05, 3.63) is 29.6 Å². The maximum absolute atomic E-state index is 13.2. The number of hydrogen-bond acceptors (Lipinski definition) is 2. The van der Waals surface area contributed by atoms with Crippen LogP contribution in [-0.4, -0.2) is 21.4 Å². The Morgan fingerprint density at radius 2 is 2.00 bits per heavy atom. The Labute approximate surface area is 108 Å². The van der Waals surface area contributed by atoms with E-state index in [2.05, 4.69) is 4.40 Å². The van der Waals surface area contributed by atoms with Gasteiger partial charge in [-0.25, -0.2) is 8.60 Å². The fourth-order valence-corrected chi connectivity index (χ4v) is 2.06. The lowest BCUT2D eigenvalue weighted by atomic mass is 10.2. The van der Waals surface area contributed by atoms with E-state index >= 15 is 0 Å². The molecule has 0 bridgehead atoms. The van der Waals surface area contributed by atoms with Gasteiger partial charge >= 0.3 is 0 Å². The molecule has 0 fully saturated rings. The molecule has 1 aromatic rings. The third-order valence-electron chi connectivity index (χ3n) is 1.95. The van der Waals surface area contributed by atoms with Crippen molar-refractivity contribution in [2.45, 2.75) is 30.4 Å². The van der Waals surface area contributed by atoms with Gasteiger partial charge in [-0.3, -0.25) is 0 Å². The minimum Gasteiger partial charge on any atom is -0.234 e. The van der Waals surface area contributed by atoms with Crippen LogP contribution in [0, 0.1) is 5.82 Å². The molecule has 0 aliphatic carbocycles. The highest BCUT2D eigenvalue weighted by molar-refractivity contribution is 7.98. The lowest BCUT2D eigenvalue weighted by Gasteiger charge is -2.12. The first-order valence-electron chi connectivity index (χ1n) is 5.13. The highest BCUT2D eigenvalue weighted by Gasteiger charge is 2.18.